The van der Waals surface area contributed by atoms with Gasteiger partial charge in [0.05, 0.1) is 17.2 Å². The van der Waals surface area contributed by atoms with E-state index in [1.54, 1.807) is 0 Å². The molecule has 0 N–H and O–H groups in total. The summed E-state index contributed by atoms with van der Waals surface area (Å²) < 4.78 is 8.83. The molecule has 156 valence electrons. The second kappa shape index (κ2) is 7.66. The Morgan fingerprint density at radius 1 is 0.938 bits per heavy atom. The Labute approximate surface area is 188 Å². The van der Waals surface area contributed by atoms with Crippen LogP contribution in [0, 0.1) is 18.3 Å². The van der Waals surface area contributed by atoms with Crippen LogP contribution in [0.1, 0.15) is 36.5 Å². The largest absolute Gasteiger partial charge is 0.455 e. The maximum absolute atomic E-state index is 9.73. The quantitative estimate of drug-likeness (QED) is 0.295. The highest BCUT2D eigenvalue weighted by molar-refractivity contribution is 6.17. The van der Waals surface area contributed by atoms with Crippen molar-refractivity contribution < 1.29 is 8.98 Å². The van der Waals surface area contributed by atoms with E-state index in [1.165, 1.54) is 0 Å². The van der Waals surface area contributed by atoms with E-state index < -0.39 is 0 Å². The average molecular weight is 418 g/mol. The molecule has 0 aliphatic carbocycles. The molecule has 0 atom stereocenters. The van der Waals surface area contributed by atoms with Crippen LogP contribution in [-0.4, -0.2) is 0 Å². The Morgan fingerprint density at radius 3 is 2.38 bits per heavy atom. The second-order valence-corrected chi connectivity index (χ2v) is 8.69. The summed E-state index contributed by atoms with van der Waals surface area (Å²) in [5, 5.41) is 11.8. The molecule has 0 amide bonds. The Hall–Kier alpha value is -3.90. The minimum atomic E-state index is 0.240. The molecule has 3 heteroatoms. The Kier molecular flexibility index (Phi) is 4.79. The fourth-order valence-electron chi connectivity index (χ4n) is 4.65. The lowest BCUT2D eigenvalue weighted by Gasteiger charge is -2.10. The normalized spacial score (nSPS) is 11.4. The third-order valence-corrected chi connectivity index (χ3v) is 6.22. The first-order valence-electron chi connectivity index (χ1n) is 10.9. The number of pyridine rings is 1. The van der Waals surface area contributed by atoms with Gasteiger partial charge in [0, 0.05) is 22.9 Å². The number of fused-ring (bicyclic) bond motifs is 3. The van der Waals surface area contributed by atoms with Gasteiger partial charge in [0.1, 0.15) is 18.2 Å². The van der Waals surface area contributed by atoms with Crippen LogP contribution in [0.4, 0.5) is 0 Å². The van der Waals surface area contributed by atoms with Crippen LogP contribution in [0.15, 0.2) is 77.3 Å². The van der Waals surface area contributed by atoms with Gasteiger partial charge in [-0.15, -0.1) is 0 Å². The number of hydrogen-bond acceptors (Lipinski definition) is 2. The Morgan fingerprint density at radius 2 is 1.69 bits per heavy atom. The van der Waals surface area contributed by atoms with Crippen molar-refractivity contribution >= 4 is 21.9 Å². The molecule has 0 bridgehead atoms. The zero-order valence-electron chi connectivity index (χ0n) is 18.8. The predicted octanol–water partition coefficient (Wildman–Crippen LogP) is 7.05. The summed E-state index contributed by atoms with van der Waals surface area (Å²) in [4.78, 5) is 0. The number of aryl methyl sites for hydroxylation is 2. The van der Waals surface area contributed by atoms with Gasteiger partial charge >= 0.3 is 0 Å². The molecule has 0 aliphatic heterocycles. The lowest BCUT2D eigenvalue weighted by atomic mass is 9.91. The van der Waals surface area contributed by atoms with Gasteiger partial charge in [0.2, 0.25) is 5.69 Å². The van der Waals surface area contributed by atoms with Gasteiger partial charge in [-0.2, -0.15) is 5.26 Å². The predicted molar refractivity (Wildman–Crippen MR) is 129 cm³/mol. The molecule has 0 radical (unpaired) electrons. The van der Waals surface area contributed by atoms with Gasteiger partial charge in [0.25, 0.3) is 0 Å². The van der Waals surface area contributed by atoms with E-state index >= 15 is 0 Å². The summed E-state index contributed by atoms with van der Waals surface area (Å²) >= 11 is 0. The molecule has 32 heavy (non-hydrogen) atoms. The van der Waals surface area contributed by atoms with Crippen LogP contribution < -0.4 is 4.57 Å². The van der Waals surface area contributed by atoms with Gasteiger partial charge < -0.3 is 4.42 Å². The molecular weight excluding hydrogens is 392 g/mol. The van der Waals surface area contributed by atoms with Crippen LogP contribution in [0.3, 0.4) is 0 Å². The van der Waals surface area contributed by atoms with Crippen molar-refractivity contribution in [3.63, 3.8) is 0 Å². The van der Waals surface area contributed by atoms with Crippen LogP contribution in [0.25, 0.3) is 44.3 Å². The maximum atomic E-state index is 9.73. The topological polar surface area (TPSA) is 40.8 Å². The van der Waals surface area contributed by atoms with Crippen molar-refractivity contribution in [1.29, 1.82) is 5.26 Å². The minimum absolute atomic E-state index is 0.240. The summed E-state index contributed by atoms with van der Waals surface area (Å²) in [6.45, 7) is 6.43. The molecule has 3 aromatic carbocycles. The first-order chi connectivity index (χ1) is 15.5. The Balaban J connectivity index is 2.02. The first kappa shape index (κ1) is 20.0. The van der Waals surface area contributed by atoms with E-state index in [-0.39, 0.29) is 5.92 Å². The molecule has 0 fully saturated rings. The average Bonchev–Trinajstić information content (AvgIpc) is 3.18. The van der Waals surface area contributed by atoms with Crippen molar-refractivity contribution in [2.24, 2.45) is 7.05 Å². The van der Waals surface area contributed by atoms with Crippen LogP contribution >= 0.6 is 0 Å². The van der Waals surface area contributed by atoms with Crippen molar-refractivity contribution in [3.8, 4) is 28.5 Å². The lowest BCUT2D eigenvalue weighted by Crippen LogP contribution is -2.30. The van der Waals surface area contributed by atoms with E-state index in [1.807, 2.05) is 24.3 Å². The molecule has 5 aromatic rings. The molecule has 0 saturated heterocycles. The maximum Gasteiger partial charge on any atom is 0.216 e. The van der Waals surface area contributed by atoms with Gasteiger partial charge in [-0.3, -0.25) is 0 Å². The van der Waals surface area contributed by atoms with Crippen molar-refractivity contribution in [2.45, 2.75) is 26.7 Å². The smallest absolute Gasteiger partial charge is 0.216 e. The van der Waals surface area contributed by atoms with Gasteiger partial charge in [-0.1, -0.05) is 44.2 Å². The lowest BCUT2D eigenvalue weighted by molar-refractivity contribution is -0.660. The molecule has 0 unspecified atom stereocenters. The molecule has 2 heterocycles. The summed E-state index contributed by atoms with van der Waals surface area (Å²) in [5.41, 5.74) is 9.08. The highest BCUT2D eigenvalue weighted by Crippen LogP contribution is 2.44. The summed E-state index contributed by atoms with van der Waals surface area (Å²) in [5.74, 6) is 0.240. The number of nitriles is 1. The van der Waals surface area contributed by atoms with Crippen LogP contribution in [-0.2, 0) is 7.05 Å². The van der Waals surface area contributed by atoms with Crippen molar-refractivity contribution in [1.82, 2.24) is 0 Å². The molecule has 5 rings (SSSR count). The summed E-state index contributed by atoms with van der Waals surface area (Å²) in [7, 11) is 2.06. The number of nitrogens with zero attached hydrogens (tertiary/aromatic N) is 2. The van der Waals surface area contributed by atoms with Crippen molar-refractivity contribution in [3.05, 3.63) is 89.6 Å². The monoisotopic (exact) mass is 417 g/mol. The molecule has 0 spiro atoms. The fourth-order valence-corrected chi connectivity index (χ4v) is 4.65. The zero-order chi connectivity index (χ0) is 22.4. The highest BCUT2D eigenvalue weighted by Gasteiger charge is 2.25. The van der Waals surface area contributed by atoms with Gasteiger partial charge in [-0.25, -0.2) is 4.57 Å². The van der Waals surface area contributed by atoms with Gasteiger partial charge in [0.15, 0.2) is 6.20 Å². The Bertz CT molecular complexity index is 1520. The summed E-state index contributed by atoms with van der Waals surface area (Å²) in [6, 6.07) is 25.2. The SMILES string of the molecule is Cc1cc(-c2ccccc2)c2c(oc3c(C(C)C)cc(C#N)cc32)c1-c1cccc[n+]1C. The van der Waals surface area contributed by atoms with E-state index in [2.05, 4.69) is 87.1 Å². The first-order valence-corrected chi connectivity index (χ1v) is 10.9. The van der Waals surface area contributed by atoms with Crippen molar-refractivity contribution in [2.75, 3.05) is 0 Å². The zero-order valence-corrected chi connectivity index (χ0v) is 18.8. The van der Waals surface area contributed by atoms with E-state index in [0.29, 0.717) is 5.56 Å². The molecule has 0 saturated carbocycles. The van der Waals surface area contributed by atoms with Crippen LogP contribution in [0.5, 0.6) is 0 Å². The number of benzene rings is 3. The molecular formula is C29H25N2O+. The standard InChI is InChI=1S/C29H25N2O/c1-18(2)22-15-20(17-30)16-24-27-23(21-10-6-5-7-11-21)14-19(3)26(29(27)32-28(22)24)25-12-8-9-13-31(25)4/h5-16,18H,1-4H3/q+1. The highest BCUT2D eigenvalue weighted by atomic mass is 16.3. The third-order valence-electron chi connectivity index (χ3n) is 6.22. The van der Waals surface area contributed by atoms with Crippen LogP contribution in [0.2, 0.25) is 0 Å². The summed E-state index contributed by atoms with van der Waals surface area (Å²) in [6.07, 6.45) is 2.06. The minimum Gasteiger partial charge on any atom is -0.455 e. The fraction of sp³-hybridized carbons (Fsp3) is 0.172. The number of hydrogen-bond donors (Lipinski definition) is 0. The van der Waals surface area contributed by atoms with E-state index in [0.717, 1.165) is 55.4 Å². The van der Waals surface area contributed by atoms with E-state index in [9.17, 15) is 5.26 Å². The number of aromatic nitrogens is 1. The molecule has 0 aliphatic rings. The molecule has 3 nitrogen and oxygen atoms in total. The molecule has 2 aromatic heterocycles. The van der Waals surface area contributed by atoms with E-state index in [4.69, 9.17) is 4.42 Å². The number of rotatable bonds is 3. The van der Waals surface area contributed by atoms with Gasteiger partial charge in [-0.05, 0) is 59.4 Å². The second-order valence-electron chi connectivity index (χ2n) is 8.69. The third kappa shape index (κ3) is 3.08. The number of furan rings is 1.